The molecule has 5 rings (SSSR count). The van der Waals surface area contributed by atoms with E-state index in [1.165, 1.54) is 12.1 Å². The van der Waals surface area contributed by atoms with Crippen LogP contribution in [0, 0.1) is 0 Å². The third-order valence-corrected chi connectivity index (χ3v) is 5.44. The minimum absolute atomic E-state index is 0.00198. The van der Waals surface area contributed by atoms with Crippen molar-refractivity contribution in [3.8, 4) is 23.0 Å². The summed E-state index contributed by atoms with van der Waals surface area (Å²) in [6.45, 7) is 0. The van der Waals surface area contributed by atoms with E-state index in [9.17, 15) is 15.0 Å². The van der Waals surface area contributed by atoms with Crippen LogP contribution in [-0.2, 0) is 10.3 Å². The van der Waals surface area contributed by atoms with Gasteiger partial charge in [0.25, 0.3) is 0 Å². The largest absolute Gasteiger partial charge is 0.506 e. The van der Waals surface area contributed by atoms with Crippen LogP contribution in [0.15, 0.2) is 48.5 Å². The molecule has 0 radical (unpaired) electrons. The van der Waals surface area contributed by atoms with Crippen LogP contribution in [0.3, 0.4) is 0 Å². The monoisotopic (exact) mass is 402 g/mol. The summed E-state index contributed by atoms with van der Waals surface area (Å²) in [6.07, 6.45) is 0. The van der Waals surface area contributed by atoms with Gasteiger partial charge in [0.05, 0.1) is 8.30 Å². The number of carbonyl (C=O) groups excluding carboxylic acids is 1. The number of benzene rings is 3. The second-order valence-electron chi connectivity index (χ2n) is 6.11. The molecule has 1 spiro atoms. The number of ether oxygens (including phenoxy) is 2. The molecule has 0 saturated heterocycles. The molecule has 27 heavy (non-hydrogen) atoms. The highest BCUT2D eigenvalue weighted by molar-refractivity contribution is 6.34. The highest BCUT2D eigenvalue weighted by atomic mass is 35.5. The van der Waals surface area contributed by atoms with E-state index in [2.05, 4.69) is 0 Å². The van der Waals surface area contributed by atoms with Crippen molar-refractivity contribution in [2.24, 2.45) is 0 Å². The minimum Gasteiger partial charge on any atom is -0.506 e. The lowest BCUT2D eigenvalue weighted by Crippen LogP contribution is -2.33. The van der Waals surface area contributed by atoms with Crippen LogP contribution in [-0.4, -0.2) is 16.2 Å². The molecule has 1 unspecified atom stereocenters. The molecule has 2 heterocycles. The molecule has 2 aliphatic rings. The van der Waals surface area contributed by atoms with E-state index in [0.29, 0.717) is 5.56 Å². The van der Waals surface area contributed by atoms with E-state index in [0.717, 1.165) is 0 Å². The smallest absolute Gasteiger partial charge is 0.340 e. The average molecular weight is 403 g/mol. The second-order valence-corrected chi connectivity index (χ2v) is 6.87. The highest BCUT2D eigenvalue weighted by Gasteiger charge is 2.54. The highest BCUT2D eigenvalue weighted by Crippen LogP contribution is 2.60. The maximum Gasteiger partial charge on any atom is 0.340 e. The maximum absolute atomic E-state index is 12.7. The predicted molar refractivity (Wildman–Crippen MR) is 98.0 cm³/mol. The summed E-state index contributed by atoms with van der Waals surface area (Å²) in [5.74, 6) is -1.76. The summed E-state index contributed by atoms with van der Waals surface area (Å²) >= 11 is 12.5. The van der Waals surface area contributed by atoms with Crippen molar-refractivity contribution in [2.75, 3.05) is 0 Å². The first-order valence-electron chi connectivity index (χ1n) is 8.83. The van der Waals surface area contributed by atoms with Crippen molar-refractivity contribution < 1.29 is 27.2 Å². The quantitative estimate of drug-likeness (QED) is 0.519. The molecule has 0 aromatic heterocycles. The van der Waals surface area contributed by atoms with E-state index in [-0.39, 0.29) is 44.0 Å². The lowest BCUT2D eigenvalue weighted by atomic mass is 9.77. The van der Waals surface area contributed by atoms with Crippen LogP contribution in [0.4, 0.5) is 0 Å². The normalized spacial score (nSPS) is 20.1. The summed E-state index contributed by atoms with van der Waals surface area (Å²) in [5, 5.41) is 19.8. The topological polar surface area (TPSA) is 76.0 Å². The summed E-state index contributed by atoms with van der Waals surface area (Å²) < 4.78 is 28.2. The van der Waals surface area contributed by atoms with Gasteiger partial charge >= 0.3 is 5.97 Å². The number of hydrogen-bond donors (Lipinski definition) is 2. The molecule has 7 heteroatoms. The van der Waals surface area contributed by atoms with Gasteiger partial charge in [-0.15, -0.1) is 0 Å². The lowest BCUT2D eigenvalue weighted by Gasteiger charge is -2.37. The van der Waals surface area contributed by atoms with Crippen molar-refractivity contribution in [1.82, 2.24) is 0 Å². The van der Waals surface area contributed by atoms with Gasteiger partial charge in [0.2, 0.25) is 0 Å². The molecule has 5 nitrogen and oxygen atoms in total. The van der Waals surface area contributed by atoms with E-state index in [1.807, 2.05) is 0 Å². The number of fused-ring (bicyclic) bond motifs is 6. The van der Waals surface area contributed by atoms with Gasteiger partial charge in [-0.05, 0) is 30.3 Å². The van der Waals surface area contributed by atoms with Gasteiger partial charge in [-0.1, -0.05) is 41.4 Å². The van der Waals surface area contributed by atoms with Crippen molar-refractivity contribution in [3.05, 3.63) is 80.8 Å². The fourth-order valence-corrected chi connectivity index (χ4v) is 3.94. The van der Waals surface area contributed by atoms with E-state index in [1.54, 1.807) is 24.3 Å². The number of halogens is 2. The Kier molecular flexibility index (Phi) is 2.80. The number of carbonyl (C=O) groups is 1. The Hall–Kier alpha value is -2.89. The SMILES string of the molecule is [2H]c1c([2H])c2c(c(Cl)c1O)Oc1c(ccc(O)c1Cl)C21OC(=O)c2ccccc21. The zero-order chi connectivity index (χ0) is 20.7. The molecular weight excluding hydrogens is 391 g/mol. The number of phenols is 2. The number of rotatable bonds is 0. The molecule has 134 valence electrons. The van der Waals surface area contributed by atoms with Crippen LogP contribution in [0.25, 0.3) is 0 Å². The second kappa shape index (κ2) is 5.31. The fraction of sp³-hybridized carbons (Fsp3) is 0.0500. The Balaban J connectivity index is 2.01. The zero-order valence-electron chi connectivity index (χ0n) is 15.3. The van der Waals surface area contributed by atoms with Crippen molar-refractivity contribution >= 4 is 29.2 Å². The molecule has 2 N–H and O–H groups in total. The molecular formula is C20H10Cl2O5. The Labute approximate surface area is 166 Å². The zero-order valence-corrected chi connectivity index (χ0v) is 14.9. The standard InChI is InChI=1S/C20H10Cl2O5/c21-15-13(23)7-5-11-17(15)26-18-12(6-8-14(24)16(18)22)20(11)10-4-2-1-3-9(10)19(25)27-20/h1-8,23-24H/i5D,7D. The number of esters is 1. The van der Waals surface area contributed by atoms with Gasteiger partial charge in [0.15, 0.2) is 17.1 Å². The molecule has 0 bridgehead atoms. The van der Waals surface area contributed by atoms with Crippen LogP contribution in [0.2, 0.25) is 10.0 Å². The number of hydrogen-bond acceptors (Lipinski definition) is 5. The van der Waals surface area contributed by atoms with Gasteiger partial charge in [0, 0.05) is 16.7 Å². The van der Waals surface area contributed by atoms with Gasteiger partial charge in [0.1, 0.15) is 21.5 Å². The first-order chi connectivity index (χ1) is 13.8. The first-order valence-corrected chi connectivity index (χ1v) is 8.59. The Morgan fingerprint density at radius 1 is 0.889 bits per heavy atom. The van der Waals surface area contributed by atoms with Gasteiger partial charge < -0.3 is 19.7 Å². The van der Waals surface area contributed by atoms with Crippen LogP contribution in [0.1, 0.15) is 29.8 Å². The lowest BCUT2D eigenvalue weighted by molar-refractivity contribution is 0.0224. The van der Waals surface area contributed by atoms with E-state index in [4.69, 9.17) is 35.4 Å². The molecule has 0 saturated carbocycles. The molecule has 1 atom stereocenters. The molecule has 0 amide bonds. The first kappa shape index (κ1) is 14.2. The van der Waals surface area contributed by atoms with Crippen LogP contribution < -0.4 is 4.74 Å². The molecule has 3 aromatic rings. The number of phenolic OH excluding ortho intramolecular Hbond substituents is 2. The molecule has 0 aliphatic carbocycles. The maximum atomic E-state index is 12.7. The third-order valence-electron chi connectivity index (χ3n) is 4.72. The van der Waals surface area contributed by atoms with Crippen molar-refractivity contribution in [2.45, 2.75) is 5.60 Å². The van der Waals surface area contributed by atoms with Crippen molar-refractivity contribution in [1.29, 1.82) is 0 Å². The Bertz CT molecular complexity index is 1260. The van der Waals surface area contributed by atoms with Crippen LogP contribution in [0.5, 0.6) is 23.0 Å². The predicted octanol–water partition coefficient (Wildman–Crippen LogP) is 4.97. The summed E-state index contributed by atoms with van der Waals surface area (Å²) in [5.41, 5.74) is -0.741. The number of aromatic hydroxyl groups is 2. The summed E-state index contributed by atoms with van der Waals surface area (Å²) in [7, 11) is 0. The van der Waals surface area contributed by atoms with E-state index < -0.39 is 29.4 Å². The average Bonchev–Trinajstić information content (AvgIpc) is 3.01. The summed E-state index contributed by atoms with van der Waals surface area (Å²) in [6, 6.07) is 8.45. The van der Waals surface area contributed by atoms with Gasteiger partial charge in [-0.2, -0.15) is 0 Å². The Morgan fingerprint density at radius 3 is 2.41 bits per heavy atom. The summed E-state index contributed by atoms with van der Waals surface area (Å²) in [4.78, 5) is 12.7. The van der Waals surface area contributed by atoms with Gasteiger partial charge in [-0.3, -0.25) is 0 Å². The molecule has 3 aromatic carbocycles. The van der Waals surface area contributed by atoms with E-state index >= 15 is 0 Å². The molecule has 2 aliphatic heterocycles. The van der Waals surface area contributed by atoms with Gasteiger partial charge in [-0.25, -0.2) is 4.79 Å². The fourth-order valence-electron chi connectivity index (χ4n) is 3.56. The van der Waals surface area contributed by atoms with Crippen molar-refractivity contribution in [3.63, 3.8) is 0 Å². The third kappa shape index (κ3) is 1.93. The Morgan fingerprint density at radius 2 is 1.59 bits per heavy atom. The van der Waals surface area contributed by atoms with Crippen LogP contribution >= 0.6 is 23.2 Å². The minimum atomic E-state index is -1.68. The molecule has 0 fully saturated rings.